The zero-order valence-corrected chi connectivity index (χ0v) is 13.5. The lowest BCUT2D eigenvalue weighted by Crippen LogP contribution is -2.49. The van der Waals surface area contributed by atoms with Crippen LogP contribution in [0.5, 0.6) is 0 Å². The van der Waals surface area contributed by atoms with Gasteiger partial charge < -0.3 is 24.6 Å². The average molecular weight is 301 g/mol. The van der Waals surface area contributed by atoms with E-state index in [4.69, 9.17) is 14.2 Å². The summed E-state index contributed by atoms with van der Waals surface area (Å²) in [6.07, 6.45) is -0.598. The summed E-state index contributed by atoms with van der Waals surface area (Å²) in [5.41, 5.74) is -0.285. The van der Waals surface area contributed by atoms with Gasteiger partial charge in [-0.3, -0.25) is 4.79 Å². The first-order valence-electron chi connectivity index (χ1n) is 7.54. The number of carbonyl (C=O) groups excluding carboxylic acids is 1. The zero-order chi connectivity index (χ0) is 15.8. The van der Waals surface area contributed by atoms with Crippen molar-refractivity contribution >= 4 is 5.91 Å². The largest absolute Gasteiger partial charge is 0.388 e. The van der Waals surface area contributed by atoms with Gasteiger partial charge in [-0.15, -0.1) is 0 Å². The summed E-state index contributed by atoms with van der Waals surface area (Å²) in [5.74, 6) is -0.792. The van der Waals surface area contributed by atoms with Crippen LogP contribution in [0, 0.1) is 0 Å². The number of amides is 1. The minimum Gasteiger partial charge on any atom is -0.388 e. The van der Waals surface area contributed by atoms with E-state index in [1.165, 1.54) is 0 Å². The second kappa shape index (κ2) is 5.83. The van der Waals surface area contributed by atoms with Crippen LogP contribution in [0.4, 0.5) is 0 Å². The van der Waals surface area contributed by atoms with Crippen molar-refractivity contribution in [2.75, 3.05) is 6.61 Å². The second-order valence-corrected chi connectivity index (χ2v) is 7.27. The Kier molecular flexibility index (Phi) is 4.63. The third kappa shape index (κ3) is 4.39. The molecule has 2 saturated heterocycles. The van der Waals surface area contributed by atoms with Crippen LogP contribution in [0.2, 0.25) is 0 Å². The van der Waals surface area contributed by atoms with E-state index in [0.29, 0.717) is 19.4 Å². The number of rotatable bonds is 4. The molecule has 2 fully saturated rings. The molecule has 6 nitrogen and oxygen atoms in total. The normalized spacial score (nSPS) is 34.0. The number of hydrogen-bond acceptors (Lipinski definition) is 5. The Morgan fingerprint density at radius 2 is 2.10 bits per heavy atom. The van der Waals surface area contributed by atoms with Gasteiger partial charge in [0.05, 0.1) is 18.2 Å². The average Bonchev–Trinajstić information content (AvgIpc) is 2.88. The first-order chi connectivity index (χ1) is 9.57. The molecule has 0 unspecified atom stereocenters. The molecule has 2 N–H and O–H groups in total. The first kappa shape index (κ1) is 16.7. The van der Waals surface area contributed by atoms with Gasteiger partial charge in [0.15, 0.2) is 5.79 Å². The molecule has 0 aromatic rings. The minimum atomic E-state index is -0.799. The van der Waals surface area contributed by atoms with Gasteiger partial charge in [-0.25, -0.2) is 0 Å². The summed E-state index contributed by atoms with van der Waals surface area (Å²) in [6, 6.07) is -0.280. The SMILES string of the molecule is CC(C)(C)OC[C@@H]1OC(C)(C)O[C@H]1[C@@H](O)[C@H]1CCC(=O)N1. The Balaban J connectivity index is 2.02. The van der Waals surface area contributed by atoms with Crippen LogP contribution in [0.25, 0.3) is 0 Å². The van der Waals surface area contributed by atoms with Gasteiger partial charge in [0, 0.05) is 6.42 Å². The van der Waals surface area contributed by atoms with Gasteiger partial charge in [-0.05, 0) is 41.0 Å². The molecule has 1 amide bonds. The van der Waals surface area contributed by atoms with Crippen molar-refractivity contribution in [1.29, 1.82) is 0 Å². The highest BCUT2D eigenvalue weighted by Gasteiger charge is 2.48. The Labute approximate surface area is 126 Å². The fourth-order valence-corrected chi connectivity index (χ4v) is 2.74. The molecule has 0 aliphatic carbocycles. The smallest absolute Gasteiger partial charge is 0.220 e. The second-order valence-electron chi connectivity index (χ2n) is 7.27. The molecule has 0 saturated carbocycles. The lowest BCUT2D eigenvalue weighted by Gasteiger charge is -2.28. The van der Waals surface area contributed by atoms with E-state index >= 15 is 0 Å². The summed E-state index contributed by atoms with van der Waals surface area (Å²) in [5, 5.41) is 13.3. The van der Waals surface area contributed by atoms with Crippen LogP contribution >= 0.6 is 0 Å². The topological polar surface area (TPSA) is 77.0 Å². The third-order valence-electron chi connectivity index (χ3n) is 3.68. The number of hydrogen-bond donors (Lipinski definition) is 2. The molecule has 6 heteroatoms. The highest BCUT2D eigenvalue weighted by atomic mass is 16.8. The van der Waals surface area contributed by atoms with Crippen LogP contribution in [0.1, 0.15) is 47.5 Å². The fraction of sp³-hybridized carbons (Fsp3) is 0.933. The van der Waals surface area contributed by atoms with Gasteiger partial charge in [-0.2, -0.15) is 0 Å². The molecule has 0 spiro atoms. The summed E-state index contributed by atoms with van der Waals surface area (Å²) in [7, 11) is 0. The Morgan fingerprint density at radius 3 is 2.62 bits per heavy atom. The molecule has 4 atom stereocenters. The molecular formula is C15H27NO5. The van der Waals surface area contributed by atoms with Crippen molar-refractivity contribution in [1.82, 2.24) is 5.32 Å². The van der Waals surface area contributed by atoms with E-state index in [-0.39, 0.29) is 23.7 Å². The Hall–Kier alpha value is -0.690. The molecule has 2 aliphatic heterocycles. The molecule has 2 heterocycles. The lowest BCUT2D eigenvalue weighted by molar-refractivity contribution is -0.161. The van der Waals surface area contributed by atoms with E-state index in [1.54, 1.807) is 0 Å². The number of nitrogens with one attached hydrogen (secondary N) is 1. The molecule has 0 aromatic heterocycles. The molecule has 0 aromatic carbocycles. The molecular weight excluding hydrogens is 274 g/mol. The highest BCUT2D eigenvalue weighted by Crippen LogP contribution is 2.32. The molecule has 21 heavy (non-hydrogen) atoms. The minimum absolute atomic E-state index is 0.0280. The predicted molar refractivity (Wildman–Crippen MR) is 76.7 cm³/mol. The summed E-state index contributed by atoms with van der Waals surface area (Å²) >= 11 is 0. The molecule has 2 rings (SSSR count). The van der Waals surface area contributed by atoms with E-state index in [1.807, 2.05) is 34.6 Å². The van der Waals surface area contributed by atoms with E-state index < -0.39 is 18.0 Å². The van der Waals surface area contributed by atoms with Crippen LogP contribution in [-0.4, -0.2) is 53.4 Å². The van der Waals surface area contributed by atoms with Crippen LogP contribution in [0.15, 0.2) is 0 Å². The zero-order valence-electron chi connectivity index (χ0n) is 13.5. The number of carbonyl (C=O) groups is 1. The Morgan fingerprint density at radius 1 is 1.43 bits per heavy atom. The lowest BCUT2D eigenvalue weighted by atomic mass is 10.00. The van der Waals surface area contributed by atoms with Gasteiger partial charge in [0.1, 0.15) is 18.3 Å². The quantitative estimate of drug-likeness (QED) is 0.809. The van der Waals surface area contributed by atoms with Crippen LogP contribution < -0.4 is 5.32 Å². The van der Waals surface area contributed by atoms with Crippen molar-refractivity contribution < 1.29 is 24.1 Å². The maximum atomic E-state index is 11.3. The van der Waals surface area contributed by atoms with Crippen molar-refractivity contribution in [3.05, 3.63) is 0 Å². The predicted octanol–water partition coefficient (Wildman–Crippen LogP) is 0.961. The number of aliphatic hydroxyl groups is 1. The standard InChI is InChI=1S/C15H27NO5/c1-14(2,3)19-8-10-13(21-15(4,5)20-10)12(18)9-6-7-11(17)16-9/h9-10,12-13,18H,6-8H2,1-5H3,(H,16,17)/t9-,10+,12+,13-/m1/s1. The van der Waals surface area contributed by atoms with Crippen molar-refractivity contribution in [3.8, 4) is 0 Å². The maximum absolute atomic E-state index is 11.3. The third-order valence-corrected chi connectivity index (χ3v) is 3.68. The summed E-state index contributed by atoms with van der Waals surface area (Å²) in [4.78, 5) is 11.3. The van der Waals surface area contributed by atoms with Crippen molar-refractivity contribution in [3.63, 3.8) is 0 Å². The maximum Gasteiger partial charge on any atom is 0.220 e. The van der Waals surface area contributed by atoms with Crippen LogP contribution in [-0.2, 0) is 19.0 Å². The monoisotopic (exact) mass is 301 g/mol. The van der Waals surface area contributed by atoms with E-state index in [2.05, 4.69) is 5.32 Å². The number of ether oxygens (including phenoxy) is 3. The summed E-state index contributed by atoms with van der Waals surface area (Å²) in [6.45, 7) is 9.88. The van der Waals surface area contributed by atoms with Gasteiger partial charge in [0.2, 0.25) is 5.91 Å². The first-order valence-corrected chi connectivity index (χ1v) is 7.54. The van der Waals surface area contributed by atoms with Gasteiger partial charge in [-0.1, -0.05) is 0 Å². The highest BCUT2D eigenvalue weighted by molar-refractivity contribution is 5.78. The molecule has 2 aliphatic rings. The summed E-state index contributed by atoms with van der Waals surface area (Å²) < 4.78 is 17.4. The molecule has 0 bridgehead atoms. The van der Waals surface area contributed by atoms with Crippen molar-refractivity contribution in [2.45, 2.75) is 83.2 Å². The van der Waals surface area contributed by atoms with Crippen LogP contribution in [0.3, 0.4) is 0 Å². The van der Waals surface area contributed by atoms with E-state index in [9.17, 15) is 9.90 Å². The molecule has 0 radical (unpaired) electrons. The Bertz CT molecular complexity index is 390. The molecule has 122 valence electrons. The van der Waals surface area contributed by atoms with Gasteiger partial charge in [0.25, 0.3) is 0 Å². The number of aliphatic hydroxyl groups excluding tert-OH is 1. The van der Waals surface area contributed by atoms with Gasteiger partial charge >= 0.3 is 0 Å². The van der Waals surface area contributed by atoms with Crippen molar-refractivity contribution in [2.24, 2.45) is 0 Å². The van der Waals surface area contributed by atoms with E-state index in [0.717, 1.165) is 0 Å². The fourth-order valence-electron chi connectivity index (χ4n) is 2.74.